The van der Waals surface area contributed by atoms with Gasteiger partial charge in [-0.15, -0.1) is 0 Å². The van der Waals surface area contributed by atoms with E-state index < -0.39 is 0 Å². The van der Waals surface area contributed by atoms with Crippen LogP contribution in [-0.4, -0.2) is 47.5 Å². The predicted molar refractivity (Wildman–Crippen MR) is 121 cm³/mol. The second-order valence-corrected chi connectivity index (χ2v) is 8.38. The molecule has 1 aromatic rings. The minimum Gasteiger partial charge on any atom is -0.466 e. The van der Waals surface area contributed by atoms with Crippen LogP contribution in [0.3, 0.4) is 0 Å². The number of rotatable bonds is 6. The van der Waals surface area contributed by atoms with Crippen LogP contribution < -0.4 is 0 Å². The van der Waals surface area contributed by atoms with Crippen molar-refractivity contribution in [3.05, 3.63) is 57.3 Å². The van der Waals surface area contributed by atoms with Crippen LogP contribution in [0.5, 0.6) is 0 Å². The molecule has 0 aliphatic carbocycles. The molecule has 2 heterocycles. The van der Waals surface area contributed by atoms with Gasteiger partial charge < -0.3 is 14.5 Å². The Morgan fingerprint density at radius 3 is 2.63 bits per heavy atom. The average molecular weight is 428 g/mol. The Morgan fingerprint density at radius 1 is 1.27 bits per heavy atom. The van der Waals surface area contributed by atoms with E-state index >= 15 is 0 Å². The Kier molecular flexibility index (Phi) is 6.71. The van der Waals surface area contributed by atoms with E-state index in [0.29, 0.717) is 18.5 Å². The van der Waals surface area contributed by atoms with Gasteiger partial charge in [0.2, 0.25) is 5.91 Å². The van der Waals surface area contributed by atoms with E-state index in [1.54, 1.807) is 11.9 Å². The Balaban J connectivity index is 2.15. The number of methoxy groups -OCH3 is 1. The first-order valence-corrected chi connectivity index (χ1v) is 11.1. The maximum Gasteiger partial charge on any atom is 0.338 e. The minimum atomic E-state index is -0.381. The molecule has 0 bridgehead atoms. The molecule has 0 N–H and O–H groups in total. The molecule has 6 nitrogen and oxygen atoms in total. The van der Waals surface area contributed by atoms with Crippen LogP contribution in [0.1, 0.15) is 49.4 Å². The second-order valence-electron chi connectivity index (χ2n) is 7.54. The molecule has 160 valence electrons. The topological polar surface area (TPSA) is 62.2 Å². The van der Waals surface area contributed by atoms with Crippen LogP contribution in [0.2, 0.25) is 0 Å². The fourth-order valence-electron chi connectivity index (χ4n) is 3.73. The summed E-state index contributed by atoms with van der Waals surface area (Å²) in [6.45, 7) is 8.68. The first-order chi connectivity index (χ1) is 14.3. The van der Waals surface area contributed by atoms with E-state index in [1.807, 2.05) is 38.0 Å². The molecule has 2 aliphatic heterocycles. The molecule has 1 atom stereocenters. The fourth-order valence-corrected chi connectivity index (χ4v) is 4.66. The van der Waals surface area contributed by atoms with Crippen LogP contribution in [0.4, 0.5) is 0 Å². The molecule has 0 radical (unpaired) electrons. The minimum absolute atomic E-state index is 0.0372. The largest absolute Gasteiger partial charge is 0.466 e. The van der Waals surface area contributed by atoms with Crippen LogP contribution >= 0.6 is 11.8 Å². The fraction of sp³-hybridized carbons (Fsp3) is 0.435. The summed E-state index contributed by atoms with van der Waals surface area (Å²) >= 11 is 1.50. The summed E-state index contributed by atoms with van der Waals surface area (Å²) in [5.74, 6) is -0.344. The molecule has 7 heteroatoms. The van der Waals surface area contributed by atoms with Gasteiger partial charge in [0.15, 0.2) is 5.17 Å². The summed E-state index contributed by atoms with van der Waals surface area (Å²) in [7, 11) is 3.20. The van der Waals surface area contributed by atoms with Gasteiger partial charge in [0.05, 0.1) is 30.8 Å². The monoisotopic (exact) mass is 427 g/mol. The number of aryl methyl sites for hydroxylation is 2. The zero-order valence-corrected chi connectivity index (χ0v) is 19.3. The molecule has 0 saturated carbocycles. The first-order valence-electron chi connectivity index (χ1n) is 10.2. The molecule has 2 aliphatic rings. The Morgan fingerprint density at radius 2 is 2.00 bits per heavy atom. The number of carbonyl (C=O) groups is 2. The highest BCUT2D eigenvalue weighted by atomic mass is 32.2. The van der Waals surface area contributed by atoms with Crippen LogP contribution in [-0.2, 0) is 14.3 Å². The highest BCUT2D eigenvalue weighted by molar-refractivity contribution is 8.16. The lowest BCUT2D eigenvalue weighted by molar-refractivity contribution is -0.136. The molecule has 0 fully saturated rings. The van der Waals surface area contributed by atoms with Crippen molar-refractivity contribution in [3.8, 4) is 0 Å². The van der Waals surface area contributed by atoms with Crippen molar-refractivity contribution >= 4 is 28.8 Å². The number of benzene rings is 1. The van der Waals surface area contributed by atoms with Gasteiger partial charge in [0.1, 0.15) is 0 Å². The molecule has 0 spiro atoms. The van der Waals surface area contributed by atoms with E-state index in [0.717, 1.165) is 33.3 Å². The third-order valence-electron chi connectivity index (χ3n) is 5.59. The molecule has 0 saturated heterocycles. The van der Waals surface area contributed by atoms with Gasteiger partial charge >= 0.3 is 5.97 Å². The summed E-state index contributed by atoms with van der Waals surface area (Å²) in [5.41, 5.74) is 5.35. The number of nitrogens with zero attached hydrogens (tertiary/aromatic N) is 3. The summed E-state index contributed by atoms with van der Waals surface area (Å²) in [4.78, 5) is 34.1. The van der Waals surface area contributed by atoms with E-state index in [-0.39, 0.29) is 24.3 Å². The number of esters is 1. The normalized spacial score (nSPS) is 18.1. The number of thioether (sulfide) groups is 1. The first kappa shape index (κ1) is 22.2. The number of hydrogen-bond acceptors (Lipinski definition) is 6. The number of allylic oxidation sites excluding steroid dienone is 1. The van der Waals surface area contributed by atoms with Crippen molar-refractivity contribution in [1.29, 1.82) is 0 Å². The van der Waals surface area contributed by atoms with Crippen molar-refractivity contribution < 1.29 is 14.3 Å². The molecule has 3 rings (SSSR count). The highest BCUT2D eigenvalue weighted by Gasteiger charge is 2.42. The number of carbonyl (C=O) groups excluding carboxylic acids is 2. The maximum absolute atomic E-state index is 12.9. The maximum atomic E-state index is 12.9. The number of amidine groups is 1. The van der Waals surface area contributed by atoms with E-state index in [4.69, 9.17) is 9.73 Å². The molecule has 30 heavy (non-hydrogen) atoms. The molecular formula is C23H29N3O3S. The zero-order chi connectivity index (χ0) is 22.0. The van der Waals surface area contributed by atoms with Gasteiger partial charge in [-0.05, 0) is 43.7 Å². The van der Waals surface area contributed by atoms with Crippen LogP contribution in [0, 0.1) is 13.8 Å². The van der Waals surface area contributed by atoms with Crippen molar-refractivity contribution in [1.82, 2.24) is 9.80 Å². The van der Waals surface area contributed by atoms with Gasteiger partial charge in [0, 0.05) is 19.3 Å². The lowest BCUT2D eigenvalue weighted by atomic mass is 9.89. The highest BCUT2D eigenvalue weighted by Crippen LogP contribution is 2.46. The lowest BCUT2D eigenvalue weighted by Gasteiger charge is -2.37. The van der Waals surface area contributed by atoms with Gasteiger partial charge in [-0.3, -0.25) is 4.79 Å². The number of fused-ring (bicyclic) bond motifs is 1. The molecule has 0 aromatic heterocycles. The van der Waals surface area contributed by atoms with Crippen molar-refractivity contribution in [2.24, 2.45) is 4.99 Å². The standard InChI is InChI=1S/C23H29N3O3S/c1-7-18-20(22(28)29-6)21(17-11-14(3)9-10-15(17)4)26-16(13-30-23(26)24-18)12-19(27)25(5)8-2/h9-11,13,21H,7-8,12H2,1-6H3. The number of ether oxygens (including phenoxy) is 1. The zero-order valence-electron chi connectivity index (χ0n) is 18.5. The second kappa shape index (κ2) is 9.08. The third-order valence-corrected chi connectivity index (χ3v) is 6.48. The van der Waals surface area contributed by atoms with Crippen LogP contribution in [0.15, 0.2) is 45.6 Å². The third kappa shape index (κ3) is 4.03. The smallest absolute Gasteiger partial charge is 0.338 e. The molecular weight excluding hydrogens is 398 g/mol. The summed E-state index contributed by atoms with van der Waals surface area (Å²) in [5, 5.41) is 2.78. The molecule has 1 amide bonds. The quantitative estimate of drug-likeness (QED) is 0.633. The van der Waals surface area contributed by atoms with Gasteiger partial charge in [-0.2, -0.15) is 0 Å². The Bertz CT molecular complexity index is 964. The predicted octanol–water partition coefficient (Wildman–Crippen LogP) is 4.31. The lowest BCUT2D eigenvalue weighted by Crippen LogP contribution is -2.38. The Hall–Kier alpha value is -2.54. The Labute approximate surface area is 182 Å². The van der Waals surface area contributed by atoms with Crippen molar-refractivity contribution in [2.75, 3.05) is 20.7 Å². The van der Waals surface area contributed by atoms with Gasteiger partial charge in [0.25, 0.3) is 0 Å². The van der Waals surface area contributed by atoms with E-state index in [9.17, 15) is 9.59 Å². The number of amides is 1. The number of aliphatic imine (C=N–C) groups is 1. The SMILES string of the molecule is CCC1=C(C(=O)OC)C(c2cc(C)ccc2C)N2C(CC(=O)N(C)CC)=CSC2=N1. The van der Waals surface area contributed by atoms with E-state index in [2.05, 4.69) is 18.2 Å². The average Bonchev–Trinajstić information content (AvgIpc) is 3.15. The van der Waals surface area contributed by atoms with Crippen molar-refractivity contribution in [3.63, 3.8) is 0 Å². The van der Waals surface area contributed by atoms with Crippen molar-refractivity contribution in [2.45, 2.75) is 46.6 Å². The van der Waals surface area contributed by atoms with Crippen LogP contribution in [0.25, 0.3) is 0 Å². The molecule has 1 unspecified atom stereocenters. The van der Waals surface area contributed by atoms with Gasteiger partial charge in [-0.1, -0.05) is 42.4 Å². The summed E-state index contributed by atoms with van der Waals surface area (Å²) in [6, 6.07) is 5.87. The summed E-state index contributed by atoms with van der Waals surface area (Å²) < 4.78 is 5.17. The van der Waals surface area contributed by atoms with E-state index in [1.165, 1.54) is 18.9 Å². The number of hydrogen-bond donors (Lipinski definition) is 0. The van der Waals surface area contributed by atoms with Gasteiger partial charge in [-0.25, -0.2) is 9.79 Å². The molecule has 1 aromatic carbocycles. The summed E-state index contributed by atoms with van der Waals surface area (Å²) in [6.07, 6.45) is 0.879.